The van der Waals surface area contributed by atoms with Crippen molar-refractivity contribution in [2.45, 2.75) is 44.0 Å². The van der Waals surface area contributed by atoms with E-state index in [-0.39, 0.29) is 5.95 Å². The average Bonchev–Trinajstić information content (AvgIpc) is 3.38. The Morgan fingerprint density at radius 3 is 2.34 bits per heavy atom. The van der Waals surface area contributed by atoms with Crippen LogP contribution in [-0.2, 0) is 12.7 Å². The number of aliphatic hydroxyl groups is 1. The summed E-state index contributed by atoms with van der Waals surface area (Å²) in [5, 5.41) is 21.0. The molecule has 0 aliphatic rings. The molecule has 224 valence electrons. The SMILES string of the molecule is Cc1c(-c2nccc3cnc(Nc4ccc(SNc5ncc(C(F)(F)F)cn5)cc4)cc23)ccc2c1cnn2CC(C)(C)O. The van der Waals surface area contributed by atoms with Crippen LogP contribution in [0.15, 0.2) is 84.4 Å². The highest BCUT2D eigenvalue weighted by Crippen LogP contribution is 2.34. The summed E-state index contributed by atoms with van der Waals surface area (Å²) >= 11 is 1.18. The van der Waals surface area contributed by atoms with E-state index in [9.17, 15) is 18.3 Å². The number of hydrogen-bond donors (Lipinski definition) is 3. The highest BCUT2D eigenvalue weighted by atomic mass is 32.2. The van der Waals surface area contributed by atoms with E-state index >= 15 is 0 Å². The van der Waals surface area contributed by atoms with E-state index in [0.29, 0.717) is 12.4 Å². The fraction of sp³-hybridized carbons (Fsp3) is 0.194. The third-order valence-corrected chi connectivity index (χ3v) is 7.69. The summed E-state index contributed by atoms with van der Waals surface area (Å²) < 4.78 is 42.8. The van der Waals surface area contributed by atoms with Crippen molar-refractivity contribution in [2.24, 2.45) is 0 Å². The van der Waals surface area contributed by atoms with Gasteiger partial charge in [-0.05, 0) is 80.7 Å². The van der Waals surface area contributed by atoms with Crippen LogP contribution < -0.4 is 10.0 Å². The molecule has 9 nitrogen and oxygen atoms in total. The van der Waals surface area contributed by atoms with Gasteiger partial charge in [0.15, 0.2) is 0 Å². The molecule has 0 amide bonds. The van der Waals surface area contributed by atoms with E-state index in [1.165, 1.54) is 11.9 Å². The smallest absolute Gasteiger partial charge is 0.389 e. The minimum absolute atomic E-state index is 0.0762. The van der Waals surface area contributed by atoms with Crippen molar-refractivity contribution in [1.82, 2.24) is 29.7 Å². The van der Waals surface area contributed by atoms with E-state index < -0.39 is 17.3 Å². The molecule has 0 atom stereocenters. The van der Waals surface area contributed by atoms with Crippen molar-refractivity contribution in [2.75, 3.05) is 10.0 Å². The first-order chi connectivity index (χ1) is 20.9. The second kappa shape index (κ2) is 11.4. The van der Waals surface area contributed by atoms with Crippen molar-refractivity contribution in [3.8, 4) is 11.3 Å². The number of anilines is 3. The van der Waals surface area contributed by atoms with E-state index in [4.69, 9.17) is 4.98 Å². The summed E-state index contributed by atoms with van der Waals surface area (Å²) in [6, 6.07) is 15.4. The second-order valence-electron chi connectivity index (χ2n) is 10.9. The number of hydrogen-bond acceptors (Lipinski definition) is 9. The molecule has 0 bridgehead atoms. The lowest BCUT2D eigenvalue weighted by atomic mass is 9.98. The van der Waals surface area contributed by atoms with Crippen LogP contribution in [0.3, 0.4) is 0 Å². The molecule has 6 aromatic rings. The zero-order valence-electron chi connectivity index (χ0n) is 23.9. The Kier molecular flexibility index (Phi) is 7.59. The van der Waals surface area contributed by atoms with E-state index in [1.54, 1.807) is 26.2 Å². The molecule has 3 N–H and O–H groups in total. The molecular formula is C31H27F3N8OS. The molecule has 0 fully saturated rings. The Morgan fingerprint density at radius 1 is 0.886 bits per heavy atom. The average molecular weight is 617 g/mol. The van der Waals surface area contributed by atoms with Crippen molar-refractivity contribution in [3.63, 3.8) is 0 Å². The number of pyridine rings is 2. The van der Waals surface area contributed by atoms with Crippen molar-refractivity contribution >= 4 is 51.1 Å². The van der Waals surface area contributed by atoms with Crippen LogP contribution >= 0.6 is 11.9 Å². The lowest BCUT2D eigenvalue weighted by Gasteiger charge is -2.18. The molecular weight excluding hydrogens is 589 g/mol. The largest absolute Gasteiger partial charge is 0.419 e. The molecule has 0 saturated heterocycles. The first kappa shape index (κ1) is 29.3. The summed E-state index contributed by atoms with van der Waals surface area (Å²) in [6.45, 7) is 5.95. The summed E-state index contributed by atoms with van der Waals surface area (Å²) in [6.07, 6.45) is 2.41. The van der Waals surface area contributed by atoms with Gasteiger partial charge in [-0.2, -0.15) is 18.3 Å². The fourth-order valence-electron chi connectivity index (χ4n) is 4.78. The standard InChI is InChI=1S/C31H27F3N8OS/c1-18-23(8-9-26-25(18)16-39-42(26)17-30(2,3)43)28-24-12-27(36-13-19(24)10-11-35-28)40-21-4-6-22(7-5-21)44-41-29-37-14-20(15-38-29)31(32,33)34/h4-16,43H,17H2,1-3H3,(H,36,40)(H,37,38,41). The molecule has 4 heterocycles. The van der Waals surface area contributed by atoms with Crippen LogP contribution in [0.5, 0.6) is 0 Å². The van der Waals surface area contributed by atoms with Crippen LogP contribution in [0.4, 0.5) is 30.6 Å². The lowest BCUT2D eigenvalue weighted by molar-refractivity contribution is -0.138. The normalized spacial score (nSPS) is 12.2. The minimum atomic E-state index is -4.48. The highest BCUT2D eigenvalue weighted by molar-refractivity contribution is 8.00. The first-order valence-corrected chi connectivity index (χ1v) is 14.4. The number of aryl methyl sites for hydroxylation is 1. The second-order valence-corrected chi connectivity index (χ2v) is 11.8. The number of fused-ring (bicyclic) bond motifs is 2. The van der Waals surface area contributed by atoms with E-state index in [1.807, 2.05) is 66.3 Å². The number of nitrogens with one attached hydrogen (secondary N) is 2. The van der Waals surface area contributed by atoms with Crippen molar-refractivity contribution in [3.05, 3.63) is 90.6 Å². The van der Waals surface area contributed by atoms with Gasteiger partial charge >= 0.3 is 6.18 Å². The molecule has 0 aliphatic carbocycles. The lowest BCUT2D eigenvalue weighted by Crippen LogP contribution is -2.26. The first-order valence-electron chi connectivity index (χ1n) is 13.6. The molecule has 13 heteroatoms. The molecule has 0 unspecified atom stereocenters. The van der Waals surface area contributed by atoms with Gasteiger partial charge in [0.2, 0.25) is 5.95 Å². The summed E-state index contributed by atoms with van der Waals surface area (Å²) in [7, 11) is 0. The number of aromatic nitrogens is 6. The number of rotatable bonds is 8. The van der Waals surface area contributed by atoms with Gasteiger partial charge in [0.1, 0.15) is 5.82 Å². The summed E-state index contributed by atoms with van der Waals surface area (Å²) in [5.74, 6) is 0.715. The molecule has 0 radical (unpaired) electrons. The maximum absolute atomic E-state index is 12.7. The summed E-state index contributed by atoms with van der Waals surface area (Å²) in [4.78, 5) is 17.6. The predicted octanol–water partition coefficient (Wildman–Crippen LogP) is 7.40. The molecule has 0 saturated carbocycles. The number of nitrogens with zero attached hydrogens (tertiary/aromatic N) is 6. The van der Waals surface area contributed by atoms with Crippen molar-refractivity contribution < 1.29 is 18.3 Å². The topological polar surface area (TPSA) is 114 Å². The van der Waals surface area contributed by atoms with Gasteiger partial charge in [0, 0.05) is 57.1 Å². The zero-order chi connectivity index (χ0) is 31.1. The van der Waals surface area contributed by atoms with Crippen LogP contribution in [-0.4, -0.2) is 40.4 Å². The third kappa shape index (κ3) is 6.29. The van der Waals surface area contributed by atoms with Gasteiger partial charge in [0.05, 0.1) is 35.1 Å². The van der Waals surface area contributed by atoms with Gasteiger partial charge in [-0.15, -0.1) is 0 Å². The quantitative estimate of drug-likeness (QED) is 0.151. The fourth-order valence-corrected chi connectivity index (χ4v) is 5.36. The van der Waals surface area contributed by atoms with E-state index in [0.717, 1.165) is 61.5 Å². The Morgan fingerprint density at radius 2 is 1.64 bits per heavy atom. The Bertz CT molecular complexity index is 1950. The Labute approximate surface area is 254 Å². The monoisotopic (exact) mass is 616 g/mol. The molecule has 44 heavy (non-hydrogen) atoms. The zero-order valence-corrected chi connectivity index (χ0v) is 24.7. The molecule has 6 rings (SSSR count). The predicted molar refractivity (Wildman–Crippen MR) is 166 cm³/mol. The molecule has 0 spiro atoms. The highest BCUT2D eigenvalue weighted by Gasteiger charge is 2.31. The third-order valence-electron chi connectivity index (χ3n) is 6.90. The summed E-state index contributed by atoms with van der Waals surface area (Å²) in [5.41, 5.74) is 2.80. The minimum Gasteiger partial charge on any atom is -0.389 e. The maximum Gasteiger partial charge on any atom is 0.419 e. The number of halogens is 3. The Balaban J connectivity index is 1.20. The van der Waals surface area contributed by atoms with Crippen molar-refractivity contribution in [1.29, 1.82) is 0 Å². The number of alkyl halides is 3. The van der Waals surface area contributed by atoms with Gasteiger partial charge in [-0.1, -0.05) is 6.07 Å². The van der Waals surface area contributed by atoms with Gasteiger partial charge in [-0.3, -0.25) is 14.4 Å². The van der Waals surface area contributed by atoms with Crippen LogP contribution in [0, 0.1) is 6.92 Å². The van der Waals surface area contributed by atoms with Crippen LogP contribution in [0.2, 0.25) is 0 Å². The van der Waals surface area contributed by atoms with Gasteiger partial charge in [-0.25, -0.2) is 15.0 Å². The van der Waals surface area contributed by atoms with E-state index in [2.05, 4.69) is 30.1 Å². The van der Waals surface area contributed by atoms with Crippen LogP contribution in [0.1, 0.15) is 25.0 Å². The molecule has 0 aliphatic heterocycles. The number of benzene rings is 2. The Hall–Kier alpha value is -4.75. The molecule has 4 aromatic heterocycles. The molecule has 2 aromatic carbocycles. The van der Waals surface area contributed by atoms with Crippen LogP contribution in [0.25, 0.3) is 32.9 Å². The van der Waals surface area contributed by atoms with Gasteiger partial charge < -0.3 is 10.4 Å². The van der Waals surface area contributed by atoms with Gasteiger partial charge in [0.25, 0.3) is 0 Å². The maximum atomic E-state index is 12.7.